The minimum Gasteiger partial charge on any atom is -0.350 e. The van der Waals surface area contributed by atoms with Crippen LogP contribution in [0.15, 0.2) is 24.4 Å². The molecule has 1 aromatic carbocycles. The Bertz CT molecular complexity index is 594. The number of benzene rings is 1. The van der Waals surface area contributed by atoms with Crippen LogP contribution in [0.25, 0.3) is 10.9 Å². The number of fused-ring (bicyclic) bond motifs is 1. The zero-order valence-electron chi connectivity index (χ0n) is 12.5. The van der Waals surface area contributed by atoms with Gasteiger partial charge in [0.1, 0.15) is 0 Å². The second-order valence-electron chi connectivity index (χ2n) is 5.86. The van der Waals surface area contributed by atoms with Crippen LogP contribution in [0.3, 0.4) is 0 Å². The molecule has 0 saturated carbocycles. The lowest BCUT2D eigenvalue weighted by Gasteiger charge is -2.32. The van der Waals surface area contributed by atoms with Crippen LogP contribution < -0.4 is 5.73 Å². The van der Waals surface area contributed by atoms with Gasteiger partial charge in [0.05, 0.1) is 0 Å². The molecule has 2 aromatic rings. The summed E-state index contributed by atoms with van der Waals surface area (Å²) in [5, 5.41) is 1.36. The minimum atomic E-state index is 0.608. The van der Waals surface area contributed by atoms with Gasteiger partial charge in [0, 0.05) is 63.4 Å². The molecule has 3 rings (SSSR count). The Kier molecular flexibility index (Phi) is 3.78. The average molecular weight is 272 g/mol. The zero-order chi connectivity index (χ0) is 14.1. The maximum atomic E-state index is 5.92. The third-order valence-corrected chi connectivity index (χ3v) is 4.39. The lowest BCUT2D eigenvalue weighted by Crippen LogP contribution is -2.43. The summed E-state index contributed by atoms with van der Waals surface area (Å²) in [5.41, 5.74) is 9.87. The predicted molar refractivity (Wildman–Crippen MR) is 83.6 cm³/mol. The van der Waals surface area contributed by atoms with Crippen molar-refractivity contribution in [2.45, 2.75) is 13.1 Å². The molecule has 1 aromatic heterocycles. The van der Waals surface area contributed by atoms with Gasteiger partial charge in [-0.25, -0.2) is 0 Å². The van der Waals surface area contributed by atoms with Gasteiger partial charge < -0.3 is 15.2 Å². The van der Waals surface area contributed by atoms with Crippen molar-refractivity contribution in [2.24, 2.45) is 12.8 Å². The maximum absolute atomic E-state index is 5.92. The SMILES string of the molecule is CN1CCN(Cc2cn(C)c3cccc(CN)c23)CC1. The molecule has 0 unspecified atom stereocenters. The van der Waals surface area contributed by atoms with Gasteiger partial charge in [0.15, 0.2) is 0 Å². The smallest absolute Gasteiger partial charge is 0.0484 e. The van der Waals surface area contributed by atoms with E-state index in [1.54, 1.807) is 0 Å². The predicted octanol–water partition coefficient (Wildman–Crippen LogP) is 1.38. The molecule has 1 aliphatic heterocycles. The molecule has 0 aliphatic carbocycles. The van der Waals surface area contributed by atoms with Crippen LogP contribution in [0, 0.1) is 0 Å². The fraction of sp³-hybridized carbons (Fsp3) is 0.500. The van der Waals surface area contributed by atoms with Gasteiger partial charge in [0.25, 0.3) is 0 Å². The largest absolute Gasteiger partial charge is 0.350 e. The van der Waals surface area contributed by atoms with Crippen molar-refractivity contribution in [1.82, 2.24) is 14.4 Å². The molecule has 1 aliphatic rings. The highest BCUT2D eigenvalue weighted by atomic mass is 15.2. The van der Waals surface area contributed by atoms with Crippen LogP contribution in [-0.4, -0.2) is 47.6 Å². The number of nitrogens with zero attached hydrogens (tertiary/aromatic N) is 3. The van der Waals surface area contributed by atoms with Crippen molar-refractivity contribution < 1.29 is 0 Å². The lowest BCUT2D eigenvalue weighted by atomic mass is 10.1. The summed E-state index contributed by atoms with van der Waals surface area (Å²) in [4.78, 5) is 4.94. The molecule has 0 bridgehead atoms. The molecule has 0 radical (unpaired) electrons. The Morgan fingerprint density at radius 1 is 1.05 bits per heavy atom. The lowest BCUT2D eigenvalue weighted by molar-refractivity contribution is 0.148. The van der Waals surface area contributed by atoms with E-state index >= 15 is 0 Å². The number of rotatable bonds is 3. The van der Waals surface area contributed by atoms with Crippen molar-refractivity contribution in [1.29, 1.82) is 0 Å². The first-order valence-corrected chi connectivity index (χ1v) is 7.36. The summed E-state index contributed by atoms with van der Waals surface area (Å²) in [6, 6.07) is 6.43. The standard InChI is InChI=1S/C16H24N4/c1-18-6-8-20(9-7-18)12-14-11-19(2)15-5-3-4-13(10-17)16(14)15/h3-5,11H,6-10,12,17H2,1-2H3. The molecule has 4 heteroatoms. The van der Waals surface area contributed by atoms with E-state index in [2.05, 4.69) is 52.9 Å². The van der Waals surface area contributed by atoms with Gasteiger partial charge in [-0.15, -0.1) is 0 Å². The molecule has 20 heavy (non-hydrogen) atoms. The normalized spacial score (nSPS) is 17.9. The van der Waals surface area contributed by atoms with E-state index in [0.717, 1.165) is 32.7 Å². The Morgan fingerprint density at radius 3 is 2.50 bits per heavy atom. The van der Waals surface area contributed by atoms with Crippen LogP contribution in [0.1, 0.15) is 11.1 Å². The second kappa shape index (κ2) is 5.56. The molecule has 2 N–H and O–H groups in total. The second-order valence-corrected chi connectivity index (χ2v) is 5.86. The fourth-order valence-corrected chi connectivity index (χ4v) is 3.16. The fourth-order valence-electron chi connectivity index (χ4n) is 3.16. The molecular weight excluding hydrogens is 248 g/mol. The van der Waals surface area contributed by atoms with E-state index < -0.39 is 0 Å². The van der Waals surface area contributed by atoms with Gasteiger partial charge in [-0.2, -0.15) is 0 Å². The topological polar surface area (TPSA) is 37.4 Å². The van der Waals surface area contributed by atoms with Crippen LogP contribution >= 0.6 is 0 Å². The van der Waals surface area contributed by atoms with Crippen molar-refractivity contribution in [3.05, 3.63) is 35.5 Å². The molecule has 0 amide bonds. The van der Waals surface area contributed by atoms with E-state index in [1.165, 1.54) is 22.0 Å². The highest BCUT2D eigenvalue weighted by Gasteiger charge is 2.17. The summed E-state index contributed by atoms with van der Waals surface area (Å²) in [6.07, 6.45) is 2.27. The number of aromatic nitrogens is 1. The third-order valence-electron chi connectivity index (χ3n) is 4.39. The number of hydrogen-bond donors (Lipinski definition) is 1. The first kappa shape index (κ1) is 13.6. The summed E-state index contributed by atoms with van der Waals surface area (Å²) in [5.74, 6) is 0. The molecule has 4 nitrogen and oxygen atoms in total. The number of hydrogen-bond acceptors (Lipinski definition) is 3. The Morgan fingerprint density at radius 2 is 1.80 bits per heavy atom. The molecular formula is C16H24N4. The highest BCUT2D eigenvalue weighted by molar-refractivity contribution is 5.87. The molecule has 2 heterocycles. The van der Waals surface area contributed by atoms with E-state index in [-0.39, 0.29) is 0 Å². The van der Waals surface area contributed by atoms with Crippen molar-refractivity contribution in [2.75, 3.05) is 33.2 Å². The number of aryl methyl sites for hydroxylation is 1. The van der Waals surface area contributed by atoms with Crippen LogP contribution in [-0.2, 0) is 20.1 Å². The molecule has 1 saturated heterocycles. The van der Waals surface area contributed by atoms with Crippen LogP contribution in [0.2, 0.25) is 0 Å². The highest BCUT2D eigenvalue weighted by Crippen LogP contribution is 2.26. The Hall–Kier alpha value is -1.36. The van der Waals surface area contributed by atoms with Crippen molar-refractivity contribution >= 4 is 10.9 Å². The summed E-state index contributed by atoms with van der Waals surface area (Å²) < 4.78 is 2.22. The van der Waals surface area contributed by atoms with Gasteiger partial charge in [-0.1, -0.05) is 12.1 Å². The number of likely N-dealkylation sites (N-methyl/N-ethyl adjacent to an activating group) is 1. The zero-order valence-corrected chi connectivity index (χ0v) is 12.5. The summed E-state index contributed by atoms with van der Waals surface area (Å²) in [6.45, 7) is 6.26. The molecule has 108 valence electrons. The van der Waals surface area contributed by atoms with Gasteiger partial charge in [-0.3, -0.25) is 4.90 Å². The first-order chi connectivity index (χ1) is 9.69. The minimum absolute atomic E-state index is 0.608. The van der Waals surface area contributed by atoms with E-state index in [0.29, 0.717) is 6.54 Å². The van der Waals surface area contributed by atoms with E-state index in [4.69, 9.17) is 5.73 Å². The summed E-state index contributed by atoms with van der Waals surface area (Å²) in [7, 11) is 4.32. The third kappa shape index (κ3) is 2.46. The monoisotopic (exact) mass is 272 g/mol. The van der Waals surface area contributed by atoms with E-state index in [9.17, 15) is 0 Å². The Balaban J connectivity index is 1.91. The van der Waals surface area contributed by atoms with E-state index in [1.807, 2.05) is 0 Å². The average Bonchev–Trinajstić information content (AvgIpc) is 2.78. The van der Waals surface area contributed by atoms with Gasteiger partial charge in [-0.05, 0) is 24.2 Å². The summed E-state index contributed by atoms with van der Waals surface area (Å²) >= 11 is 0. The number of piperazine rings is 1. The maximum Gasteiger partial charge on any atom is 0.0484 e. The molecule has 0 spiro atoms. The number of nitrogens with two attached hydrogens (primary N) is 1. The van der Waals surface area contributed by atoms with Gasteiger partial charge >= 0.3 is 0 Å². The van der Waals surface area contributed by atoms with Crippen molar-refractivity contribution in [3.63, 3.8) is 0 Å². The Labute approximate surface area is 120 Å². The quantitative estimate of drug-likeness (QED) is 0.917. The van der Waals surface area contributed by atoms with Crippen LogP contribution in [0.4, 0.5) is 0 Å². The molecule has 1 fully saturated rings. The molecule has 0 atom stereocenters. The van der Waals surface area contributed by atoms with Crippen LogP contribution in [0.5, 0.6) is 0 Å². The van der Waals surface area contributed by atoms with Crippen molar-refractivity contribution in [3.8, 4) is 0 Å². The van der Waals surface area contributed by atoms with Gasteiger partial charge in [0.2, 0.25) is 0 Å². The first-order valence-electron chi connectivity index (χ1n) is 7.36.